The van der Waals surface area contributed by atoms with Crippen LogP contribution < -0.4 is 0 Å². The molecule has 45 heavy (non-hydrogen) atoms. The summed E-state index contributed by atoms with van der Waals surface area (Å²) in [6.45, 7) is 6.10. The van der Waals surface area contributed by atoms with Crippen molar-refractivity contribution >= 4 is 17.9 Å². The lowest BCUT2D eigenvalue weighted by molar-refractivity contribution is -0.956. The summed E-state index contributed by atoms with van der Waals surface area (Å²) in [6, 6.07) is 19.6. The van der Waals surface area contributed by atoms with Crippen LogP contribution in [0.4, 0.5) is 0 Å². The second-order valence-electron chi connectivity index (χ2n) is 13.0. The Morgan fingerprint density at radius 1 is 0.844 bits per heavy atom. The van der Waals surface area contributed by atoms with E-state index < -0.39 is 30.3 Å². The Hall–Kier alpha value is -3.23. The predicted octanol–water partition coefficient (Wildman–Crippen LogP) is 6.59. The molecule has 8 heteroatoms. The van der Waals surface area contributed by atoms with Gasteiger partial charge in [-0.1, -0.05) is 87.4 Å². The fraction of sp³-hybridized carbons (Fsp3) is 0.595. The highest BCUT2D eigenvalue weighted by molar-refractivity contribution is 5.86. The van der Waals surface area contributed by atoms with E-state index in [2.05, 4.69) is 6.92 Å². The maximum atomic E-state index is 14.4. The van der Waals surface area contributed by atoms with Crippen LogP contribution in [-0.4, -0.2) is 66.6 Å². The van der Waals surface area contributed by atoms with Gasteiger partial charge < -0.3 is 23.4 Å². The quantitative estimate of drug-likeness (QED) is 0.0961. The molecule has 0 radical (unpaired) electrons. The van der Waals surface area contributed by atoms with Gasteiger partial charge in [0.1, 0.15) is 12.2 Å². The second kappa shape index (κ2) is 15.4. The Bertz CT molecular complexity index is 1200. The van der Waals surface area contributed by atoms with Crippen molar-refractivity contribution in [2.75, 3.05) is 19.9 Å². The van der Waals surface area contributed by atoms with Crippen LogP contribution in [0.1, 0.15) is 102 Å². The number of nitrogens with zero attached hydrogens (tertiary/aromatic N) is 1. The molecule has 0 aromatic heterocycles. The number of esters is 3. The maximum absolute atomic E-state index is 14.4. The number of carbonyl (C=O) groups excluding carboxylic acids is 3. The summed E-state index contributed by atoms with van der Waals surface area (Å²) in [5, 5.41) is 0. The largest absolute Gasteiger partial charge is 0.462 e. The summed E-state index contributed by atoms with van der Waals surface area (Å²) >= 11 is 0. The molecule has 3 saturated heterocycles. The third kappa shape index (κ3) is 7.44. The summed E-state index contributed by atoms with van der Waals surface area (Å²) in [5.41, 5.74) is -0.438. The van der Waals surface area contributed by atoms with Gasteiger partial charge in [0.05, 0.1) is 38.0 Å². The first kappa shape index (κ1) is 33.1. The van der Waals surface area contributed by atoms with Crippen molar-refractivity contribution in [3.63, 3.8) is 0 Å². The molecule has 0 N–H and O–H groups in total. The third-order valence-electron chi connectivity index (χ3n) is 10.3. The topological polar surface area (TPSA) is 88.1 Å². The molecular weight excluding hydrogens is 570 g/mol. The van der Waals surface area contributed by atoms with Crippen molar-refractivity contribution in [3.8, 4) is 0 Å². The van der Waals surface area contributed by atoms with E-state index in [9.17, 15) is 14.4 Å². The average molecular weight is 621 g/mol. The molecule has 1 spiro atoms. The molecule has 8 nitrogen and oxygen atoms in total. The van der Waals surface area contributed by atoms with E-state index in [4.69, 9.17) is 18.9 Å². The Morgan fingerprint density at radius 3 is 1.98 bits per heavy atom. The van der Waals surface area contributed by atoms with Crippen LogP contribution >= 0.6 is 0 Å². The molecule has 0 amide bonds. The van der Waals surface area contributed by atoms with Crippen molar-refractivity contribution in [1.82, 2.24) is 0 Å². The highest BCUT2D eigenvalue weighted by Crippen LogP contribution is 2.47. The van der Waals surface area contributed by atoms with E-state index in [-0.39, 0.29) is 25.0 Å². The van der Waals surface area contributed by atoms with Crippen molar-refractivity contribution in [2.24, 2.45) is 0 Å². The predicted molar refractivity (Wildman–Crippen MR) is 170 cm³/mol. The van der Waals surface area contributed by atoms with Crippen LogP contribution in [0.5, 0.6) is 0 Å². The molecule has 3 aliphatic rings. The molecule has 3 heterocycles. The van der Waals surface area contributed by atoms with Gasteiger partial charge in [0.25, 0.3) is 0 Å². The van der Waals surface area contributed by atoms with Crippen molar-refractivity contribution < 1.29 is 37.8 Å². The number of carbonyl (C=O) groups is 3. The van der Waals surface area contributed by atoms with Crippen LogP contribution in [0, 0.1) is 0 Å². The van der Waals surface area contributed by atoms with Gasteiger partial charge in [-0.15, -0.1) is 0 Å². The Morgan fingerprint density at radius 2 is 1.42 bits per heavy atom. The molecule has 0 aliphatic carbocycles. The molecule has 0 saturated carbocycles. The number of benzene rings is 2. The number of hydrogen-bond donors (Lipinski definition) is 0. The fourth-order valence-electron chi connectivity index (χ4n) is 8.00. The molecule has 5 rings (SSSR count). The lowest BCUT2D eigenvalue weighted by Crippen LogP contribution is -2.60. The summed E-state index contributed by atoms with van der Waals surface area (Å²) in [7, 11) is 0. The number of quaternary nitrogens is 1. The number of ether oxygens (including phenoxy) is 4. The molecule has 3 unspecified atom stereocenters. The summed E-state index contributed by atoms with van der Waals surface area (Å²) < 4.78 is 24.9. The molecule has 3 fully saturated rings. The molecule has 3 atom stereocenters. The normalized spacial score (nSPS) is 22.6. The average Bonchev–Trinajstić information content (AvgIpc) is 3.61. The zero-order valence-corrected chi connectivity index (χ0v) is 27.0. The smallest absolute Gasteiger partial charge is 0.348 e. The number of rotatable bonds is 15. The first-order valence-electron chi connectivity index (χ1n) is 17.1. The maximum Gasteiger partial charge on any atom is 0.348 e. The van der Waals surface area contributed by atoms with E-state index in [1.807, 2.05) is 67.6 Å². The Balaban J connectivity index is 1.27. The minimum atomic E-state index is -1.63. The monoisotopic (exact) mass is 620 g/mol. The van der Waals surface area contributed by atoms with Gasteiger partial charge in [0, 0.05) is 38.5 Å². The molecule has 3 aliphatic heterocycles. The van der Waals surface area contributed by atoms with Crippen LogP contribution in [0.2, 0.25) is 0 Å². The van der Waals surface area contributed by atoms with Crippen molar-refractivity contribution in [2.45, 2.75) is 121 Å². The van der Waals surface area contributed by atoms with Crippen LogP contribution in [0.25, 0.3) is 0 Å². The minimum absolute atomic E-state index is 0.0734. The lowest BCUT2D eigenvalue weighted by atomic mass is 9.85. The van der Waals surface area contributed by atoms with Crippen LogP contribution in [0.15, 0.2) is 60.7 Å². The summed E-state index contributed by atoms with van der Waals surface area (Å²) in [4.78, 5) is 39.5. The highest BCUT2D eigenvalue weighted by Gasteiger charge is 2.57. The van der Waals surface area contributed by atoms with Crippen molar-refractivity contribution in [3.05, 3.63) is 71.8 Å². The highest BCUT2D eigenvalue weighted by atomic mass is 16.7. The minimum Gasteiger partial charge on any atom is -0.462 e. The molecule has 2 aromatic carbocycles. The molecule has 244 valence electrons. The number of hydrogen-bond acceptors (Lipinski definition) is 7. The zero-order valence-electron chi connectivity index (χ0n) is 27.0. The number of unbranched alkanes of at least 4 members (excludes halogenated alkanes) is 1. The molecule has 2 aromatic rings. The third-order valence-corrected chi connectivity index (χ3v) is 10.3. The number of piperidine rings is 1. The van der Waals surface area contributed by atoms with E-state index in [0.717, 1.165) is 38.5 Å². The first-order valence-corrected chi connectivity index (χ1v) is 17.1. The van der Waals surface area contributed by atoms with Crippen LogP contribution in [-0.2, 0) is 38.9 Å². The summed E-state index contributed by atoms with van der Waals surface area (Å²) in [6.07, 6.45) is 9.73. The second-order valence-corrected chi connectivity index (χ2v) is 13.0. The molecular formula is C37H50NO7+. The summed E-state index contributed by atoms with van der Waals surface area (Å²) in [5.74, 6) is -1.52. The SMILES string of the molecule is CCCCC(CC)OC(=O)CCC(=O)OCOC(C(=O)OC1CC2CCC(C1)[N+]21CCCC1)(c1ccccc1)c1ccccc1. The van der Waals surface area contributed by atoms with E-state index >= 15 is 0 Å². The first-order chi connectivity index (χ1) is 21.9. The van der Waals surface area contributed by atoms with E-state index in [1.165, 1.54) is 43.3 Å². The van der Waals surface area contributed by atoms with Gasteiger partial charge in [-0.25, -0.2) is 4.79 Å². The van der Waals surface area contributed by atoms with Gasteiger partial charge in [0.2, 0.25) is 5.60 Å². The lowest BCUT2D eigenvalue weighted by Gasteiger charge is -2.47. The zero-order chi connectivity index (χ0) is 31.7. The van der Waals surface area contributed by atoms with Gasteiger partial charge in [-0.05, 0) is 24.0 Å². The Kier molecular flexibility index (Phi) is 11.3. The van der Waals surface area contributed by atoms with E-state index in [1.54, 1.807) is 0 Å². The molecule has 2 bridgehead atoms. The van der Waals surface area contributed by atoms with Gasteiger partial charge >= 0.3 is 17.9 Å². The standard InChI is InChI=1S/C37H50NO7/c1-3-5-18-32(4-2)44-35(40)22-21-34(39)42-27-43-37(28-14-8-6-9-15-28,29-16-10-7-11-17-29)36(41)45-33-25-30-19-20-31(26-33)38(30)23-12-13-24-38/h6-11,14-17,30-33H,3-5,12-13,18-27H2,1-2H3/q+1. The Labute approximate surface area is 268 Å². The van der Waals surface area contributed by atoms with Gasteiger partial charge in [-0.2, -0.15) is 0 Å². The fourth-order valence-corrected chi connectivity index (χ4v) is 8.00. The van der Waals surface area contributed by atoms with Crippen LogP contribution in [0.3, 0.4) is 0 Å². The van der Waals surface area contributed by atoms with Crippen molar-refractivity contribution in [1.29, 1.82) is 0 Å². The van der Waals surface area contributed by atoms with E-state index in [0.29, 0.717) is 23.2 Å². The van der Waals surface area contributed by atoms with Gasteiger partial charge in [0.15, 0.2) is 6.79 Å². The van der Waals surface area contributed by atoms with Gasteiger partial charge in [-0.3, -0.25) is 9.59 Å².